The van der Waals surface area contributed by atoms with E-state index in [-0.39, 0.29) is 11.3 Å². The maximum atomic E-state index is 12.2. The van der Waals surface area contributed by atoms with Gasteiger partial charge in [-0.2, -0.15) is 0 Å². The molecule has 0 atom stereocenters. The highest BCUT2D eigenvalue weighted by Gasteiger charge is 2.36. The molecule has 0 saturated carbocycles. The van der Waals surface area contributed by atoms with Crippen LogP contribution in [0.25, 0.3) is 0 Å². The second-order valence-corrected chi connectivity index (χ2v) is 6.14. The number of fused-ring (bicyclic) bond motifs is 1. The van der Waals surface area contributed by atoms with Gasteiger partial charge in [0.2, 0.25) is 0 Å². The molecule has 2 rings (SSSR count). The number of carbonyl (C=O) groups is 1. The Balaban J connectivity index is 2.19. The zero-order valence-electron chi connectivity index (χ0n) is 12.4. The first-order valence-corrected chi connectivity index (χ1v) is 7.46. The maximum Gasteiger partial charge on any atom is 0.167 e. The molecule has 1 heterocycles. The fourth-order valence-corrected chi connectivity index (χ4v) is 2.97. The van der Waals surface area contributed by atoms with Crippen molar-refractivity contribution in [2.75, 3.05) is 11.4 Å². The summed E-state index contributed by atoms with van der Waals surface area (Å²) in [5, 5.41) is 0. The van der Waals surface area contributed by atoms with Crippen molar-refractivity contribution in [3.63, 3.8) is 0 Å². The zero-order chi connectivity index (χ0) is 13.9. The van der Waals surface area contributed by atoms with E-state index in [9.17, 15) is 4.79 Å². The summed E-state index contributed by atoms with van der Waals surface area (Å²) >= 11 is 0. The van der Waals surface area contributed by atoms with Crippen LogP contribution in [0.4, 0.5) is 5.69 Å². The third-order valence-corrected chi connectivity index (χ3v) is 4.05. The number of benzene rings is 1. The Bertz CT molecular complexity index is 450. The Morgan fingerprint density at radius 3 is 2.63 bits per heavy atom. The molecule has 0 unspecified atom stereocenters. The van der Waals surface area contributed by atoms with Crippen LogP contribution in [0.3, 0.4) is 0 Å². The lowest BCUT2D eigenvalue weighted by molar-refractivity contribution is 0.0947. The standard InChI is InChI=1S/C17H25NO/c1-4-5-6-9-12-18-15-11-8-7-10-14(15)16(19)13-17(18,2)3/h7-8,10-11H,4-6,9,12-13H2,1-3H3. The molecule has 19 heavy (non-hydrogen) atoms. The third kappa shape index (κ3) is 2.99. The van der Waals surface area contributed by atoms with Gasteiger partial charge in [0, 0.05) is 29.8 Å². The van der Waals surface area contributed by atoms with E-state index in [1.165, 1.54) is 25.7 Å². The molecule has 0 radical (unpaired) electrons. The van der Waals surface area contributed by atoms with Crippen molar-refractivity contribution in [2.45, 2.75) is 58.4 Å². The molecule has 1 aliphatic rings. The van der Waals surface area contributed by atoms with Crippen molar-refractivity contribution in [3.05, 3.63) is 29.8 Å². The number of hydrogen-bond acceptors (Lipinski definition) is 2. The van der Waals surface area contributed by atoms with Crippen molar-refractivity contribution in [2.24, 2.45) is 0 Å². The third-order valence-electron chi connectivity index (χ3n) is 4.05. The van der Waals surface area contributed by atoms with Gasteiger partial charge in [0.25, 0.3) is 0 Å². The van der Waals surface area contributed by atoms with E-state index in [0.717, 1.165) is 17.8 Å². The van der Waals surface area contributed by atoms with E-state index in [2.05, 4.69) is 31.7 Å². The average molecular weight is 259 g/mol. The summed E-state index contributed by atoms with van der Waals surface area (Å²) in [6.07, 6.45) is 5.67. The molecule has 0 spiro atoms. The van der Waals surface area contributed by atoms with Crippen LogP contribution < -0.4 is 4.90 Å². The summed E-state index contributed by atoms with van der Waals surface area (Å²) in [6, 6.07) is 8.05. The highest BCUT2D eigenvalue weighted by molar-refractivity contribution is 6.04. The highest BCUT2D eigenvalue weighted by Crippen LogP contribution is 2.36. The van der Waals surface area contributed by atoms with E-state index in [0.29, 0.717) is 6.42 Å². The lowest BCUT2D eigenvalue weighted by Crippen LogP contribution is -2.49. The van der Waals surface area contributed by atoms with Crippen LogP contribution in [-0.4, -0.2) is 17.9 Å². The molecule has 0 bridgehead atoms. The van der Waals surface area contributed by atoms with Gasteiger partial charge >= 0.3 is 0 Å². The summed E-state index contributed by atoms with van der Waals surface area (Å²) < 4.78 is 0. The van der Waals surface area contributed by atoms with E-state index >= 15 is 0 Å². The van der Waals surface area contributed by atoms with Crippen LogP contribution in [0.15, 0.2) is 24.3 Å². The van der Waals surface area contributed by atoms with Gasteiger partial charge in [0.05, 0.1) is 0 Å². The zero-order valence-corrected chi connectivity index (χ0v) is 12.4. The second-order valence-electron chi connectivity index (χ2n) is 6.14. The van der Waals surface area contributed by atoms with E-state index in [1.807, 2.05) is 18.2 Å². The van der Waals surface area contributed by atoms with Crippen molar-refractivity contribution >= 4 is 11.5 Å². The van der Waals surface area contributed by atoms with E-state index in [4.69, 9.17) is 0 Å². The molecule has 1 aliphatic heterocycles. The molecule has 0 fully saturated rings. The largest absolute Gasteiger partial charge is 0.365 e. The molecule has 1 aromatic rings. The molecular weight excluding hydrogens is 234 g/mol. The first-order chi connectivity index (χ1) is 9.06. The number of nitrogens with zero attached hydrogens (tertiary/aromatic N) is 1. The normalized spacial score (nSPS) is 17.4. The van der Waals surface area contributed by atoms with Gasteiger partial charge in [-0.3, -0.25) is 4.79 Å². The smallest absolute Gasteiger partial charge is 0.167 e. The fourth-order valence-electron chi connectivity index (χ4n) is 2.97. The van der Waals surface area contributed by atoms with Gasteiger partial charge in [0.15, 0.2) is 5.78 Å². The molecule has 0 aromatic heterocycles. The Morgan fingerprint density at radius 1 is 1.16 bits per heavy atom. The van der Waals surface area contributed by atoms with Crippen molar-refractivity contribution in [1.29, 1.82) is 0 Å². The predicted octanol–water partition coefficient (Wildman–Crippen LogP) is 4.44. The number of para-hydroxylation sites is 1. The molecule has 2 nitrogen and oxygen atoms in total. The number of carbonyl (C=O) groups excluding carboxylic acids is 1. The van der Waals surface area contributed by atoms with Crippen LogP contribution in [-0.2, 0) is 0 Å². The quantitative estimate of drug-likeness (QED) is 0.729. The summed E-state index contributed by atoms with van der Waals surface area (Å²) in [5.41, 5.74) is 1.97. The minimum absolute atomic E-state index is 0.0579. The van der Waals surface area contributed by atoms with Gasteiger partial charge in [-0.15, -0.1) is 0 Å². The Labute approximate surface area is 116 Å². The summed E-state index contributed by atoms with van der Waals surface area (Å²) in [4.78, 5) is 14.6. The molecule has 1 aromatic carbocycles. The number of Topliss-reactive ketones (excluding diaryl/α,β-unsaturated/α-hetero) is 1. The molecule has 0 aliphatic carbocycles. The van der Waals surface area contributed by atoms with Crippen LogP contribution >= 0.6 is 0 Å². The lowest BCUT2D eigenvalue weighted by atomic mass is 9.85. The molecular formula is C17H25NO. The van der Waals surface area contributed by atoms with Crippen molar-refractivity contribution in [1.82, 2.24) is 0 Å². The van der Waals surface area contributed by atoms with E-state index < -0.39 is 0 Å². The molecule has 0 saturated heterocycles. The number of rotatable bonds is 5. The van der Waals surface area contributed by atoms with Crippen molar-refractivity contribution < 1.29 is 4.79 Å². The van der Waals surface area contributed by atoms with E-state index in [1.54, 1.807) is 0 Å². The summed E-state index contributed by atoms with van der Waals surface area (Å²) in [6.45, 7) is 7.65. The first kappa shape index (κ1) is 14.1. The first-order valence-electron chi connectivity index (χ1n) is 7.46. The number of anilines is 1. The number of hydrogen-bond donors (Lipinski definition) is 0. The monoisotopic (exact) mass is 259 g/mol. The molecule has 0 amide bonds. The number of ketones is 1. The van der Waals surface area contributed by atoms with Crippen LogP contribution in [0.5, 0.6) is 0 Å². The Hall–Kier alpha value is -1.31. The SMILES string of the molecule is CCCCCCN1c2ccccc2C(=O)CC1(C)C. The van der Waals surface area contributed by atoms with Gasteiger partial charge < -0.3 is 4.90 Å². The maximum absolute atomic E-state index is 12.2. The van der Waals surface area contributed by atoms with Crippen LogP contribution in [0, 0.1) is 0 Å². The van der Waals surface area contributed by atoms with Gasteiger partial charge in [0.1, 0.15) is 0 Å². The predicted molar refractivity (Wildman–Crippen MR) is 81.0 cm³/mol. The summed E-state index contributed by atoms with van der Waals surface area (Å²) in [7, 11) is 0. The van der Waals surface area contributed by atoms with Gasteiger partial charge in [-0.1, -0.05) is 38.3 Å². The molecule has 2 heteroatoms. The van der Waals surface area contributed by atoms with Crippen LogP contribution in [0.1, 0.15) is 63.2 Å². The number of unbranched alkanes of at least 4 members (excludes halogenated alkanes) is 3. The Morgan fingerprint density at radius 2 is 1.89 bits per heavy atom. The molecule has 104 valence electrons. The fraction of sp³-hybridized carbons (Fsp3) is 0.588. The van der Waals surface area contributed by atoms with Gasteiger partial charge in [-0.25, -0.2) is 0 Å². The molecule has 0 N–H and O–H groups in total. The average Bonchev–Trinajstić information content (AvgIpc) is 2.37. The summed E-state index contributed by atoms with van der Waals surface area (Å²) in [5.74, 6) is 0.283. The lowest BCUT2D eigenvalue weighted by Gasteiger charge is -2.44. The second kappa shape index (κ2) is 5.77. The highest BCUT2D eigenvalue weighted by atomic mass is 16.1. The van der Waals surface area contributed by atoms with Gasteiger partial charge in [-0.05, 0) is 32.4 Å². The topological polar surface area (TPSA) is 20.3 Å². The minimum atomic E-state index is -0.0579. The van der Waals surface area contributed by atoms with Crippen LogP contribution in [0.2, 0.25) is 0 Å². The van der Waals surface area contributed by atoms with Crippen molar-refractivity contribution in [3.8, 4) is 0 Å². The minimum Gasteiger partial charge on any atom is -0.365 e. The Kier molecular flexibility index (Phi) is 4.28.